The van der Waals surface area contributed by atoms with Gasteiger partial charge in [-0.15, -0.1) is 0 Å². The maximum atomic E-state index is 11.5. The molecule has 18 heavy (non-hydrogen) atoms. The molecule has 0 spiro atoms. The van der Waals surface area contributed by atoms with E-state index in [1.165, 1.54) is 7.11 Å². The zero-order valence-electron chi connectivity index (χ0n) is 10.8. The number of carbonyl (C=O) groups excluding carboxylic acids is 1. The van der Waals surface area contributed by atoms with Crippen LogP contribution in [-0.4, -0.2) is 13.1 Å². The van der Waals surface area contributed by atoms with Crippen LogP contribution < -0.4 is 4.74 Å². The summed E-state index contributed by atoms with van der Waals surface area (Å²) in [6.45, 7) is 3.93. The van der Waals surface area contributed by atoms with Crippen LogP contribution in [0.15, 0.2) is 41.7 Å². The van der Waals surface area contributed by atoms with E-state index in [0.29, 0.717) is 5.56 Å². The Morgan fingerprint density at radius 3 is 2.72 bits per heavy atom. The fraction of sp³-hybridized carbons (Fsp3) is 0.267. The van der Waals surface area contributed by atoms with Gasteiger partial charge in [-0.05, 0) is 43.2 Å². The zero-order valence-corrected chi connectivity index (χ0v) is 10.8. The number of fused-ring (bicyclic) bond motifs is 1. The summed E-state index contributed by atoms with van der Waals surface area (Å²) in [4.78, 5) is 11.5. The lowest BCUT2D eigenvalue weighted by atomic mass is 9.98. The lowest BCUT2D eigenvalue weighted by Crippen LogP contribution is -2.11. The first-order chi connectivity index (χ1) is 8.69. The molecular weight excluding hydrogens is 228 g/mol. The summed E-state index contributed by atoms with van der Waals surface area (Å²) in [5.74, 6) is 1.24. The number of carbonyl (C=O) groups is 1. The van der Waals surface area contributed by atoms with Crippen molar-refractivity contribution in [3.63, 3.8) is 0 Å². The van der Waals surface area contributed by atoms with Crippen molar-refractivity contribution < 1.29 is 14.3 Å². The molecule has 0 atom stereocenters. The summed E-state index contributed by atoms with van der Waals surface area (Å²) in [7, 11) is 1.37. The number of esters is 1. The van der Waals surface area contributed by atoms with Crippen molar-refractivity contribution in [3.05, 3.63) is 52.8 Å². The highest BCUT2D eigenvalue weighted by Crippen LogP contribution is 2.33. The molecule has 1 aromatic carbocycles. The normalized spacial score (nSPS) is 18.4. The molecule has 2 rings (SSSR count). The molecular formula is C15H16O3. The molecule has 0 saturated carbocycles. The fourth-order valence-corrected chi connectivity index (χ4v) is 2.01. The second-order valence-corrected chi connectivity index (χ2v) is 4.06. The molecule has 3 heteroatoms. The van der Waals surface area contributed by atoms with Gasteiger partial charge in [0.2, 0.25) is 0 Å². The van der Waals surface area contributed by atoms with Crippen molar-refractivity contribution in [1.29, 1.82) is 0 Å². The highest BCUT2D eigenvalue weighted by atomic mass is 16.5. The van der Waals surface area contributed by atoms with Gasteiger partial charge in [-0.25, -0.2) is 4.79 Å². The van der Waals surface area contributed by atoms with Gasteiger partial charge in [0.05, 0.1) is 12.7 Å². The predicted octanol–water partition coefficient (Wildman–Crippen LogP) is 3.26. The third kappa shape index (κ3) is 2.16. The highest BCUT2D eigenvalue weighted by Gasteiger charge is 2.19. The Morgan fingerprint density at radius 1 is 1.33 bits per heavy atom. The van der Waals surface area contributed by atoms with Crippen LogP contribution in [-0.2, 0) is 11.2 Å². The van der Waals surface area contributed by atoms with Crippen LogP contribution in [0.25, 0.3) is 0 Å². The Morgan fingerprint density at radius 2 is 2.11 bits per heavy atom. The van der Waals surface area contributed by atoms with Crippen molar-refractivity contribution in [2.45, 2.75) is 20.3 Å². The Labute approximate surface area is 107 Å². The van der Waals surface area contributed by atoms with Crippen LogP contribution in [0.3, 0.4) is 0 Å². The second kappa shape index (κ2) is 5.08. The van der Waals surface area contributed by atoms with E-state index >= 15 is 0 Å². The van der Waals surface area contributed by atoms with Gasteiger partial charge >= 0.3 is 5.97 Å². The monoisotopic (exact) mass is 244 g/mol. The molecule has 0 radical (unpaired) electrons. The fourth-order valence-electron chi connectivity index (χ4n) is 2.01. The molecule has 0 unspecified atom stereocenters. The highest BCUT2D eigenvalue weighted by molar-refractivity contribution is 5.90. The smallest absolute Gasteiger partial charge is 0.337 e. The van der Waals surface area contributed by atoms with Crippen LogP contribution in [0.5, 0.6) is 5.75 Å². The molecule has 0 saturated heterocycles. The number of rotatable bonds is 1. The van der Waals surface area contributed by atoms with Gasteiger partial charge < -0.3 is 9.47 Å². The largest absolute Gasteiger partial charge is 0.465 e. The number of hydrogen-bond donors (Lipinski definition) is 0. The van der Waals surface area contributed by atoms with Gasteiger partial charge in [0.15, 0.2) is 0 Å². The molecule has 0 fully saturated rings. The minimum atomic E-state index is -0.347. The number of benzene rings is 1. The van der Waals surface area contributed by atoms with Crippen LogP contribution in [0, 0.1) is 0 Å². The summed E-state index contributed by atoms with van der Waals surface area (Å²) in [5, 5.41) is 0. The van der Waals surface area contributed by atoms with Crippen molar-refractivity contribution in [2.75, 3.05) is 7.11 Å². The van der Waals surface area contributed by atoms with Gasteiger partial charge in [0.1, 0.15) is 11.5 Å². The van der Waals surface area contributed by atoms with E-state index in [0.717, 1.165) is 29.1 Å². The van der Waals surface area contributed by atoms with Crippen LogP contribution >= 0.6 is 0 Å². The van der Waals surface area contributed by atoms with Gasteiger partial charge in [0.25, 0.3) is 0 Å². The third-order valence-electron chi connectivity index (χ3n) is 3.02. The van der Waals surface area contributed by atoms with E-state index < -0.39 is 0 Å². The van der Waals surface area contributed by atoms with E-state index in [1.807, 2.05) is 32.1 Å². The molecule has 0 aliphatic carbocycles. The summed E-state index contributed by atoms with van der Waals surface area (Å²) >= 11 is 0. The standard InChI is InChI=1S/C15H16O3/c1-4-10-8-11-6-7-12(15(16)17-3)9-14(11)18-13(10)5-2/h4-7,9H,8H2,1-3H3/b10-4-,13-5+. The van der Waals surface area contributed by atoms with Crippen molar-refractivity contribution in [2.24, 2.45) is 0 Å². The molecule has 0 amide bonds. The minimum Gasteiger partial charge on any atom is -0.465 e. The lowest BCUT2D eigenvalue weighted by molar-refractivity contribution is 0.0600. The summed E-state index contributed by atoms with van der Waals surface area (Å²) in [5.41, 5.74) is 2.76. The van der Waals surface area contributed by atoms with E-state index in [-0.39, 0.29) is 5.97 Å². The summed E-state index contributed by atoms with van der Waals surface area (Å²) < 4.78 is 10.5. The zero-order chi connectivity index (χ0) is 13.1. The summed E-state index contributed by atoms with van der Waals surface area (Å²) in [6, 6.07) is 5.41. The molecule has 1 heterocycles. The van der Waals surface area contributed by atoms with E-state index in [2.05, 4.69) is 0 Å². The molecule has 0 aromatic heterocycles. The maximum Gasteiger partial charge on any atom is 0.337 e. The molecule has 1 aliphatic rings. The second-order valence-electron chi connectivity index (χ2n) is 4.06. The van der Waals surface area contributed by atoms with E-state index in [9.17, 15) is 4.79 Å². The van der Waals surface area contributed by atoms with Crippen LogP contribution in [0.4, 0.5) is 0 Å². The van der Waals surface area contributed by atoms with Crippen molar-refractivity contribution in [3.8, 4) is 5.75 Å². The predicted molar refractivity (Wildman–Crippen MR) is 69.6 cm³/mol. The van der Waals surface area contributed by atoms with Crippen molar-refractivity contribution in [1.82, 2.24) is 0 Å². The van der Waals surface area contributed by atoms with Crippen LogP contribution in [0.1, 0.15) is 29.8 Å². The SMILES string of the molecule is C/C=C1/Cc2ccc(C(=O)OC)cc2O/C1=C/C. The number of methoxy groups -OCH3 is 1. The Balaban J connectivity index is 2.41. The molecule has 1 aliphatic heterocycles. The third-order valence-corrected chi connectivity index (χ3v) is 3.02. The first kappa shape index (κ1) is 12.4. The Bertz CT molecular complexity index is 539. The average Bonchev–Trinajstić information content (AvgIpc) is 2.44. The first-order valence-corrected chi connectivity index (χ1v) is 5.90. The molecule has 94 valence electrons. The van der Waals surface area contributed by atoms with Crippen LogP contribution in [0.2, 0.25) is 0 Å². The maximum absolute atomic E-state index is 11.5. The van der Waals surface area contributed by atoms with Crippen molar-refractivity contribution >= 4 is 5.97 Å². The van der Waals surface area contributed by atoms with E-state index in [4.69, 9.17) is 9.47 Å². The number of allylic oxidation sites excluding steroid dienone is 3. The minimum absolute atomic E-state index is 0.347. The molecule has 0 bridgehead atoms. The molecule has 1 aromatic rings. The Hall–Kier alpha value is -2.03. The number of ether oxygens (including phenoxy) is 2. The average molecular weight is 244 g/mol. The van der Waals surface area contributed by atoms with Gasteiger partial charge in [-0.3, -0.25) is 0 Å². The van der Waals surface area contributed by atoms with Gasteiger partial charge in [-0.2, -0.15) is 0 Å². The lowest BCUT2D eigenvalue weighted by Gasteiger charge is -2.22. The van der Waals surface area contributed by atoms with Gasteiger partial charge in [0, 0.05) is 6.42 Å². The summed E-state index contributed by atoms with van der Waals surface area (Å²) in [6.07, 6.45) is 4.81. The van der Waals surface area contributed by atoms with E-state index in [1.54, 1.807) is 12.1 Å². The number of hydrogen-bond acceptors (Lipinski definition) is 3. The molecule has 0 N–H and O–H groups in total. The first-order valence-electron chi connectivity index (χ1n) is 5.90. The molecule has 3 nitrogen and oxygen atoms in total. The topological polar surface area (TPSA) is 35.5 Å². The quantitative estimate of drug-likeness (QED) is 0.711. The Kier molecular flexibility index (Phi) is 3.51. The van der Waals surface area contributed by atoms with Gasteiger partial charge in [-0.1, -0.05) is 12.1 Å².